The topological polar surface area (TPSA) is 127 Å². The van der Waals surface area contributed by atoms with E-state index < -0.39 is 0 Å². The maximum Gasteiger partial charge on any atom is 0.262 e. The lowest BCUT2D eigenvalue weighted by atomic mass is 9.90. The number of nitrogens with zero attached hydrogens (tertiary/aromatic N) is 2. The average Bonchev–Trinajstić information content (AvgIpc) is 2.88. The van der Waals surface area contributed by atoms with Crippen LogP contribution in [-0.4, -0.2) is 54.3 Å². The first kappa shape index (κ1) is 25.3. The van der Waals surface area contributed by atoms with Crippen LogP contribution in [0.3, 0.4) is 0 Å². The van der Waals surface area contributed by atoms with E-state index in [1.54, 1.807) is 32.5 Å². The van der Waals surface area contributed by atoms with Crippen LogP contribution in [0.5, 0.6) is 17.2 Å². The number of nitrogens with one attached hydrogen (secondary N) is 3. The van der Waals surface area contributed by atoms with Gasteiger partial charge in [-0.2, -0.15) is 0 Å². The standard InChI is InChI=1S/C26H33N5O5/c1-14(2)25(32)29-16-8-6-15(7-9-16)28-20-11-18(35-4)13-27-23(20)24-30-19-10-17(34-3)12-21(36-5)22(19)26(33)31-24/h10-16,28H,6-9H2,1-5H3,(H,29,32)(H,30,31,33). The average molecular weight is 496 g/mol. The van der Waals surface area contributed by atoms with Gasteiger partial charge < -0.3 is 29.8 Å². The molecule has 0 unspecified atom stereocenters. The van der Waals surface area contributed by atoms with Crippen molar-refractivity contribution in [1.29, 1.82) is 0 Å². The van der Waals surface area contributed by atoms with Crippen molar-refractivity contribution in [3.8, 4) is 28.8 Å². The van der Waals surface area contributed by atoms with Gasteiger partial charge in [-0.1, -0.05) is 13.8 Å². The minimum absolute atomic E-state index is 0.0252. The molecule has 1 aromatic carbocycles. The van der Waals surface area contributed by atoms with E-state index in [0.717, 1.165) is 25.7 Å². The van der Waals surface area contributed by atoms with E-state index >= 15 is 0 Å². The summed E-state index contributed by atoms with van der Waals surface area (Å²) in [4.78, 5) is 37.2. The summed E-state index contributed by atoms with van der Waals surface area (Å²) in [6.45, 7) is 3.80. The molecule has 1 saturated carbocycles. The molecule has 1 aliphatic rings. The molecule has 3 N–H and O–H groups in total. The third kappa shape index (κ3) is 5.37. The molecule has 0 saturated heterocycles. The molecule has 2 aromatic heterocycles. The predicted octanol–water partition coefficient (Wildman–Crippen LogP) is 3.51. The van der Waals surface area contributed by atoms with Crippen LogP contribution in [0, 0.1) is 5.92 Å². The summed E-state index contributed by atoms with van der Waals surface area (Å²) < 4.78 is 16.1. The van der Waals surface area contributed by atoms with E-state index in [-0.39, 0.29) is 29.5 Å². The fourth-order valence-corrected chi connectivity index (χ4v) is 4.43. The normalized spacial score (nSPS) is 17.6. The van der Waals surface area contributed by atoms with Crippen LogP contribution >= 0.6 is 0 Å². The second-order valence-corrected chi connectivity index (χ2v) is 9.27. The summed E-state index contributed by atoms with van der Waals surface area (Å²) in [6.07, 6.45) is 5.13. The van der Waals surface area contributed by atoms with Gasteiger partial charge in [-0.3, -0.25) is 9.59 Å². The first-order valence-electron chi connectivity index (χ1n) is 12.1. The Bertz CT molecular complexity index is 1300. The Labute approximate surface area is 209 Å². The molecule has 1 amide bonds. The number of fused-ring (bicyclic) bond motifs is 1. The predicted molar refractivity (Wildman–Crippen MR) is 138 cm³/mol. The van der Waals surface area contributed by atoms with Crippen LogP contribution < -0.4 is 30.4 Å². The number of anilines is 1. The lowest BCUT2D eigenvalue weighted by Crippen LogP contribution is -2.41. The quantitative estimate of drug-likeness (QED) is 0.433. The molecule has 2 heterocycles. The van der Waals surface area contributed by atoms with E-state index in [1.807, 2.05) is 19.9 Å². The molecule has 0 atom stereocenters. The van der Waals surface area contributed by atoms with Crippen LogP contribution in [-0.2, 0) is 4.79 Å². The summed E-state index contributed by atoms with van der Waals surface area (Å²) in [7, 11) is 4.63. The molecule has 1 fully saturated rings. The van der Waals surface area contributed by atoms with Gasteiger partial charge in [0.15, 0.2) is 5.82 Å². The summed E-state index contributed by atoms with van der Waals surface area (Å²) in [5.41, 5.74) is 1.32. The van der Waals surface area contributed by atoms with Crippen molar-refractivity contribution in [2.24, 2.45) is 5.92 Å². The fraction of sp³-hybridized carbons (Fsp3) is 0.462. The zero-order valence-electron chi connectivity index (χ0n) is 21.3. The van der Waals surface area contributed by atoms with Gasteiger partial charge in [0.25, 0.3) is 5.56 Å². The van der Waals surface area contributed by atoms with Crippen molar-refractivity contribution in [3.63, 3.8) is 0 Å². The van der Waals surface area contributed by atoms with Crippen LogP contribution in [0.2, 0.25) is 0 Å². The molecule has 36 heavy (non-hydrogen) atoms. The Balaban J connectivity index is 1.63. The van der Waals surface area contributed by atoms with Gasteiger partial charge in [0, 0.05) is 36.2 Å². The fourth-order valence-electron chi connectivity index (χ4n) is 4.43. The van der Waals surface area contributed by atoms with Crippen LogP contribution in [0.1, 0.15) is 39.5 Å². The smallest absolute Gasteiger partial charge is 0.262 e. The van der Waals surface area contributed by atoms with E-state index in [9.17, 15) is 9.59 Å². The number of ether oxygens (including phenoxy) is 3. The van der Waals surface area contributed by atoms with E-state index in [4.69, 9.17) is 14.2 Å². The Morgan fingerprint density at radius 1 is 1.00 bits per heavy atom. The number of amides is 1. The molecule has 192 valence electrons. The Morgan fingerprint density at radius 3 is 2.33 bits per heavy atom. The second kappa shape index (κ2) is 10.8. The molecule has 0 spiro atoms. The highest BCUT2D eigenvalue weighted by Crippen LogP contribution is 2.32. The zero-order chi connectivity index (χ0) is 25.8. The number of aromatic nitrogens is 3. The summed E-state index contributed by atoms with van der Waals surface area (Å²) in [5.74, 6) is 1.89. The lowest BCUT2D eigenvalue weighted by molar-refractivity contribution is -0.124. The van der Waals surface area contributed by atoms with Gasteiger partial charge in [0.2, 0.25) is 5.91 Å². The van der Waals surface area contributed by atoms with Gasteiger partial charge in [-0.05, 0) is 25.7 Å². The maximum atomic E-state index is 13.0. The third-order valence-electron chi connectivity index (χ3n) is 6.48. The number of hydrogen-bond acceptors (Lipinski definition) is 8. The van der Waals surface area contributed by atoms with Crippen molar-refractivity contribution >= 4 is 22.5 Å². The Hall–Kier alpha value is -3.82. The van der Waals surface area contributed by atoms with Gasteiger partial charge in [0.1, 0.15) is 28.3 Å². The second-order valence-electron chi connectivity index (χ2n) is 9.27. The minimum atomic E-state index is -0.334. The van der Waals surface area contributed by atoms with Crippen LogP contribution in [0.4, 0.5) is 5.69 Å². The third-order valence-corrected chi connectivity index (χ3v) is 6.48. The number of H-pyrrole nitrogens is 1. The lowest BCUT2D eigenvalue weighted by Gasteiger charge is -2.31. The highest BCUT2D eigenvalue weighted by atomic mass is 16.5. The van der Waals surface area contributed by atoms with Crippen molar-refractivity contribution in [3.05, 3.63) is 34.7 Å². The zero-order valence-corrected chi connectivity index (χ0v) is 21.3. The number of hydrogen-bond donors (Lipinski definition) is 3. The molecular formula is C26H33N5O5. The minimum Gasteiger partial charge on any atom is -0.497 e. The number of benzene rings is 1. The van der Waals surface area contributed by atoms with Gasteiger partial charge in [-0.15, -0.1) is 0 Å². The maximum absolute atomic E-state index is 13.0. The highest BCUT2D eigenvalue weighted by molar-refractivity contribution is 5.87. The molecule has 4 rings (SSSR count). The summed E-state index contributed by atoms with van der Waals surface area (Å²) in [6, 6.07) is 5.56. The molecule has 1 aliphatic carbocycles. The number of aromatic amines is 1. The molecule has 0 aliphatic heterocycles. The number of carbonyl (C=O) groups excluding carboxylic acids is 1. The molecule has 0 radical (unpaired) electrons. The first-order valence-corrected chi connectivity index (χ1v) is 12.1. The van der Waals surface area contributed by atoms with Crippen LogP contribution in [0.15, 0.2) is 29.2 Å². The SMILES string of the molecule is COc1cnc(-c2nc3cc(OC)cc(OC)c3c(=O)[nH]2)c(NC2CCC(NC(=O)C(C)C)CC2)c1. The summed E-state index contributed by atoms with van der Waals surface area (Å²) >= 11 is 0. The van der Waals surface area contributed by atoms with E-state index in [0.29, 0.717) is 45.4 Å². The van der Waals surface area contributed by atoms with Crippen LogP contribution in [0.25, 0.3) is 22.4 Å². The Morgan fingerprint density at radius 2 is 1.69 bits per heavy atom. The number of methoxy groups -OCH3 is 3. The molecular weight excluding hydrogens is 462 g/mol. The van der Waals surface area contributed by atoms with E-state index in [1.165, 1.54) is 7.11 Å². The molecule has 3 aromatic rings. The van der Waals surface area contributed by atoms with Gasteiger partial charge in [0.05, 0.1) is 38.7 Å². The monoisotopic (exact) mass is 495 g/mol. The van der Waals surface area contributed by atoms with Crippen molar-refractivity contribution in [1.82, 2.24) is 20.3 Å². The molecule has 0 bridgehead atoms. The largest absolute Gasteiger partial charge is 0.497 e. The summed E-state index contributed by atoms with van der Waals surface area (Å²) in [5, 5.41) is 7.04. The first-order chi connectivity index (χ1) is 17.3. The molecule has 10 heteroatoms. The van der Waals surface area contributed by atoms with Gasteiger partial charge >= 0.3 is 0 Å². The van der Waals surface area contributed by atoms with Crippen molar-refractivity contribution < 1.29 is 19.0 Å². The van der Waals surface area contributed by atoms with E-state index in [2.05, 4.69) is 25.6 Å². The number of rotatable bonds is 8. The van der Waals surface area contributed by atoms with Crippen molar-refractivity contribution in [2.75, 3.05) is 26.6 Å². The highest BCUT2D eigenvalue weighted by Gasteiger charge is 2.25. The number of carbonyl (C=O) groups is 1. The Kier molecular flexibility index (Phi) is 7.61. The van der Waals surface area contributed by atoms with Crippen molar-refractivity contribution in [2.45, 2.75) is 51.6 Å². The van der Waals surface area contributed by atoms with Gasteiger partial charge in [-0.25, -0.2) is 9.97 Å². The number of pyridine rings is 1. The molecule has 10 nitrogen and oxygen atoms in total.